The summed E-state index contributed by atoms with van der Waals surface area (Å²) in [6, 6.07) is 4.90. The van der Waals surface area contributed by atoms with E-state index >= 15 is 0 Å². The van der Waals surface area contributed by atoms with Crippen LogP contribution in [0.4, 0.5) is 10.1 Å². The molecule has 0 spiro atoms. The summed E-state index contributed by atoms with van der Waals surface area (Å²) in [4.78, 5) is 25.5. The molecule has 1 heterocycles. The van der Waals surface area contributed by atoms with Crippen LogP contribution in [0.1, 0.15) is 33.6 Å². The number of benzene rings is 1. The Balaban J connectivity index is 2.23. The average Bonchev–Trinajstić information content (AvgIpc) is 2.70. The number of ether oxygens (including phenoxy) is 1. The van der Waals surface area contributed by atoms with Gasteiger partial charge in [0.2, 0.25) is 5.91 Å². The number of carbonyl (C=O) groups excluding carboxylic acids is 2. The third-order valence-corrected chi connectivity index (χ3v) is 3.00. The van der Waals surface area contributed by atoms with Crippen LogP contribution in [-0.2, 0) is 14.3 Å². The molecule has 5 heteroatoms. The van der Waals surface area contributed by atoms with Crippen LogP contribution in [0, 0.1) is 5.82 Å². The minimum Gasteiger partial charge on any atom is -0.458 e. The van der Waals surface area contributed by atoms with Crippen LogP contribution in [-0.4, -0.2) is 23.5 Å². The fraction of sp³-hybridized carbons (Fsp3) is 0.467. The van der Waals surface area contributed by atoms with E-state index in [0.717, 1.165) is 0 Å². The Morgan fingerprint density at radius 3 is 2.45 bits per heavy atom. The lowest BCUT2D eigenvalue weighted by atomic mass is 10.1. The van der Waals surface area contributed by atoms with Crippen molar-refractivity contribution in [3.8, 4) is 0 Å². The van der Waals surface area contributed by atoms with Crippen molar-refractivity contribution in [2.75, 3.05) is 4.90 Å². The van der Waals surface area contributed by atoms with Crippen molar-refractivity contribution >= 4 is 17.6 Å². The van der Waals surface area contributed by atoms with Crippen LogP contribution < -0.4 is 4.90 Å². The summed E-state index contributed by atoms with van der Waals surface area (Å²) in [5, 5.41) is 0. The molecule has 0 aromatic heterocycles. The molecule has 20 heavy (non-hydrogen) atoms. The van der Waals surface area contributed by atoms with Crippen LogP contribution in [0.2, 0.25) is 0 Å². The van der Waals surface area contributed by atoms with Crippen molar-refractivity contribution in [1.29, 1.82) is 0 Å². The molecule has 0 aliphatic carbocycles. The third kappa shape index (κ3) is 3.15. The Kier molecular flexibility index (Phi) is 3.79. The molecule has 2 rings (SSSR count). The van der Waals surface area contributed by atoms with Gasteiger partial charge in [-0.1, -0.05) is 0 Å². The first-order valence-corrected chi connectivity index (χ1v) is 6.58. The second kappa shape index (κ2) is 5.23. The lowest BCUT2D eigenvalue weighted by Gasteiger charge is -2.27. The third-order valence-electron chi connectivity index (χ3n) is 3.00. The topological polar surface area (TPSA) is 46.6 Å². The largest absolute Gasteiger partial charge is 0.458 e. The highest BCUT2D eigenvalue weighted by atomic mass is 19.1. The van der Waals surface area contributed by atoms with Crippen LogP contribution in [0.3, 0.4) is 0 Å². The van der Waals surface area contributed by atoms with Gasteiger partial charge in [0.05, 0.1) is 0 Å². The van der Waals surface area contributed by atoms with E-state index < -0.39 is 17.6 Å². The number of anilines is 1. The van der Waals surface area contributed by atoms with Gasteiger partial charge in [-0.2, -0.15) is 0 Å². The molecule has 1 aromatic rings. The Bertz CT molecular complexity index is 519. The van der Waals surface area contributed by atoms with Crippen molar-refractivity contribution in [3.05, 3.63) is 30.1 Å². The molecule has 1 saturated heterocycles. The molecule has 1 aliphatic rings. The molecule has 1 aromatic carbocycles. The smallest absolute Gasteiger partial charge is 0.329 e. The molecule has 0 radical (unpaired) electrons. The first-order chi connectivity index (χ1) is 9.28. The summed E-state index contributed by atoms with van der Waals surface area (Å²) in [5.74, 6) is -0.950. The highest BCUT2D eigenvalue weighted by molar-refractivity contribution is 6.02. The van der Waals surface area contributed by atoms with E-state index in [1.165, 1.54) is 29.2 Å². The van der Waals surface area contributed by atoms with Crippen LogP contribution in [0.5, 0.6) is 0 Å². The van der Waals surface area contributed by atoms with Crippen molar-refractivity contribution in [2.45, 2.75) is 45.3 Å². The van der Waals surface area contributed by atoms with Crippen molar-refractivity contribution in [2.24, 2.45) is 0 Å². The predicted molar refractivity (Wildman–Crippen MR) is 72.8 cm³/mol. The van der Waals surface area contributed by atoms with Gasteiger partial charge in [-0.15, -0.1) is 0 Å². The standard InChI is InChI=1S/C15H18FNO3/c1-15(2,3)20-14(19)12-8-9-13(18)17(12)11-6-4-10(16)5-7-11/h4-7,12H,8-9H2,1-3H3/t12-/m1/s1. The zero-order valence-corrected chi connectivity index (χ0v) is 11.9. The highest BCUT2D eigenvalue weighted by Gasteiger charge is 2.39. The molecule has 4 nitrogen and oxygen atoms in total. The Hall–Kier alpha value is -1.91. The van der Waals surface area contributed by atoms with Gasteiger partial charge >= 0.3 is 5.97 Å². The molecule has 0 N–H and O–H groups in total. The normalized spacial score (nSPS) is 19.3. The fourth-order valence-electron chi connectivity index (χ4n) is 2.20. The zero-order chi connectivity index (χ0) is 14.9. The zero-order valence-electron chi connectivity index (χ0n) is 11.9. The molecule has 0 bridgehead atoms. The van der Waals surface area contributed by atoms with E-state index in [1.54, 1.807) is 20.8 Å². The molecule has 1 fully saturated rings. The summed E-state index contributed by atoms with van der Waals surface area (Å²) in [7, 11) is 0. The lowest BCUT2D eigenvalue weighted by Crippen LogP contribution is -2.42. The van der Waals surface area contributed by atoms with E-state index in [0.29, 0.717) is 18.5 Å². The van der Waals surface area contributed by atoms with E-state index in [4.69, 9.17) is 4.74 Å². The molecule has 108 valence electrons. The van der Waals surface area contributed by atoms with Gasteiger partial charge in [0.25, 0.3) is 0 Å². The maximum Gasteiger partial charge on any atom is 0.329 e. The van der Waals surface area contributed by atoms with E-state index in [2.05, 4.69) is 0 Å². The van der Waals surface area contributed by atoms with E-state index in [9.17, 15) is 14.0 Å². The van der Waals surface area contributed by atoms with Gasteiger partial charge in [0, 0.05) is 12.1 Å². The maximum atomic E-state index is 13.0. The van der Waals surface area contributed by atoms with Crippen molar-refractivity contribution in [1.82, 2.24) is 0 Å². The van der Waals surface area contributed by atoms with Gasteiger partial charge in [0.1, 0.15) is 17.5 Å². The quantitative estimate of drug-likeness (QED) is 0.782. The molecule has 1 aliphatic heterocycles. The van der Waals surface area contributed by atoms with Gasteiger partial charge < -0.3 is 4.74 Å². The number of hydrogen-bond donors (Lipinski definition) is 0. The Morgan fingerprint density at radius 2 is 1.90 bits per heavy atom. The number of nitrogens with zero attached hydrogens (tertiary/aromatic N) is 1. The first kappa shape index (κ1) is 14.5. The minimum absolute atomic E-state index is 0.146. The first-order valence-electron chi connectivity index (χ1n) is 6.58. The summed E-state index contributed by atoms with van der Waals surface area (Å²) < 4.78 is 18.3. The monoisotopic (exact) mass is 279 g/mol. The Morgan fingerprint density at radius 1 is 1.30 bits per heavy atom. The molecular formula is C15H18FNO3. The summed E-state index contributed by atoms with van der Waals surface area (Å²) >= 11 is 0. The van der Waals surface area contributed by atoms with Crippen LogP contribution >= 0.6 is 0 Å². The number of hydrogen-bond acceptors (Lipinski definition) is 3. The van der Waals surface area contributed by atoms with Gasteiger partial charge in [-0.25, -0.2) is 9.18 Å². The molecule has 0 saturated carbocycles. The van der Waals surface area contributed by atoms with E-state index in [-0.39, 0.29) is 11.7 Å². The maximum absolute atomic E-state index is 13.0. The average molecular weight is 279 g/mol. The number of amides is 1. The van der Waals surface area contributed by atoms with Crippen LogP contribution in [0.25, 0.3) is 0 Å². The second-order valence-corrected chi connectivity index (χ2v) is 5.83. The predicted octanol–water partition coefficient (Wildman–Crippen LogP) is 2.66. The van der Waals surface area contributed by atoms with Crippen LogP contribution in [0.15, 0.2) is 24.3 Å². The fourth-order valence-corrected chi connectivity index (χ4v) is 2.20. The minimum atomic E-state index is -0.632. The lowest BCUT2D eigenvalue weighted by molar-refractivity contribution is -0.156. The SMILES string of the molecule is CC(C)(C)OC(=O)[C@H]1CCC(=O)N1c1ccc(F)cc1. The summed E-state index contributed by atoms with van der Waals surface area (Å²) in [5.41, 5.74) is -0.0817. The number of halogens is 1. The van der Waals surface area contributed by atoms with Gasteiger partial charge in [-0.05, 0) is 51.5 Å². The molecule has 0 unspecified atom stereocenters. The molecule has 1 amide bonds. The number of rotatable bonds is 2. The summed E-state index contributed by atoms with van der Waals surface area (Å²) in [6.45, 7) is 5.34. The van der Waals surface area contributed by atoms with Gasteiger partial charge in [0.15, 0.2) is 0 Å². The van der Waals surface area contributed by atoms with Crippen molar-refractivity contribution < 1.29 is 18.7 Å². The van der Waals surface area contributed by atoms with Gasteiger partial charge in [-0.3, -0.25) is 9.69 Å². The Labute approximate surface area is 117 Å². The van der Waals surface area contributed by atoms with Crippen molar-refractivity contribution in [3.63, 3.8) is 0 Å². The second-order valence-electron chi connectivity index (χ2n) is 5.83. The summed E-state index contributed by atoms with van der Waals surface area (Å²) in [6.07, 6.45) is 0.715. The molecule has 1 atom stereocenters. The van der Waals surface area contributed by atoms with E-state index in [1.807, 2.05) is 0 Å². The highest BCUT2D eigenvalue weighted by Crippen LogP contribution is 2.28. The molecular weight excluding hydrogens is 261 g/mol. The number of carbonyl (C=O) groups is 2. The number of esters is 1.